The number of aromatic amines is 1. The first-order valence-electron chi connectivity index (χ1n) is 5.74. The lowest BCUT2D eigenvalue weighted by Gasteiger charge is -2.19. The highest BCUT2D eigenvalue weighted by Gasteiger charge is 2.15. The predicted octanol–water partition coefficient (Wildman–Crippen LogP) is 0.0408. The first kappa shape index (κ1) is 15.0. The summed E-state index contributed by atoms with van der Waals surface area (Å²) in [5, 5.41) is 17.7. The average Bonchev–Trinajstić information content (AvgIpc) is 2.86. The van der Waals surface area contributed by atoms with Gasteiger partial charge in [-0.1, -0.05) is 0 Å². The molecule has 0 radical (unpaired) electrons. The number of carboxylic acids is 1. The number of nitrogens with one attached hydrogen (secondary N) is 2. The Morgan fingerprint density at radius 1 is 1.63 bits per heavy atom. The van der Waals surface area contributed by atoms with E-state index in [9.17, 15) is 9.59 Å². The van der Waals surface area contributed by atoms with Gasteiger partial charge in [0, 0.05) is 32.5 Å². The maximum Gasteiger partial charge on any atom is 0.317 e. The van der Waals surface area contributed by atoms with Gasteiger partial charge in [-0.05, 0) is 0 Å². The van der Waals surface area contributed by atoms with Crippen LogP contribution in [0, 0.1) is 0 Å². The lowest BCUT2D eigenvalue weighted by atomic mass is 10.2. The minimum atomic E-state index is -0.965. The van der Waals surface area contributed by atoms with Crippen molar-refractivity contribution in [2.24, 2.45) is 0 Å². The summed E-state index contributed by atoms with van der Waals surface area (Å²) < 4.78 is 4.97. The van der Waals surface area contributed by atoms with E-state index in [-0.39, 0.29) is 19.0 Å². The van der Waals surface area contributed by atoms with Crippen LogP contribution in [0.5, 0.6) is 0 Å². The van der Waals surface area contributed by atoms with Gasteiger partial charge in [-0.2, -0.15) is 5.10 Å². The second-order valence-corrected chi connectivity index (χ2v) is 4.10. The molecular weight excluding hydrogens is 252 g/mol. The lowest BCUT2D eigenvalue weighted by Crippen LogP contribution is -2.41. The number of carboxylic acid groups (broad SMARTS) is 1. The summed E-state index contributed by atoms with van der Waals surface area (Å²) in [6.07, 6.45) is 2.64. The number of hydrogen-bond donors (Lipinski definition) is 3. The molecule has 0 spiro atoms. The third kappa shape index (κ3) is 5.38. The number of methoxy groups -OCH3 is 1. The van der Waals surface area contributed by atoms with E-state index in [0.717, 1.165) is 5.56 Å². The topological polar surface area (TPSA) is 108 Å². The molecule has 19 heavy (non-hydrogen) atoms. The fourth-order valence-electron chi connectivity index (χ4n) is 1.48. The third-order valence-electron chi connectivity index (χ3n) is 2.54. The molecular formula is C11H18N4O4. The van der Waals surface area contributed by atoms with E-state index in [1.54, 1.807) is 19.4 Å². The molecule has 3 N–H and O–H groups in total. The number of ether oxygens (including phenoxy) is 1. The van der Waals surface area contributed by atoms with Crippen LogP contribution >= 0.6 is 0 Å². The molecule has 0 bridgehead atoms. The van der Waals surface area contributed by atoms with Crippen molar-refractivity contribution in [3.05, 3.63) is 18.0 Å². The number of amides is 2. The summed E-state index contributed by atoms with van der Waals surface area (Å²) in [7, 11) is 3.05. The zero-order chi connectivity index (χ0) is 14.3. The van der Waals surface area contributed by atoms with Crippen molar-refractivity contribution in [1.82, 2.24) is 20.4 Å². The fraction of sp³-hybridized carbons (Fsp3) is 0.545. The minimum absolute atomic E-state index is 0.150. The molecule has 0 saturated carbocycles. The SMILES string of the molecule is COC(CNC(=O)N(C)Cc1cn[nH]c1)CC(=O)O. The second-order valence-electron chi connectivity index (χ2n) is 4.10. The van der Waals surface area contributed by atoms with Crippen LogP contribution in [0.1, 0.15) is 12.0 Å². The monoisotopic (exact) mass is 270 g/mol. The first-order valence-corrected chi connectivity index (χ1v) is 5.74. The van der Waals surface area contributed by atoms with Crippen LogP contribution in [0.15, 0.2) is 12.4 Å². The maximum absolute atomic E-state index is 11.8. The van der Waals surface area contributed by atoms with E-state index in [0.29, 0.717) is 6.54 Å². The van der Waals surface area contributed by atoms with Crippen LogP contribution in [0.3, 0.4) is 0 Å². The summed E-state index contributed by atoms with van der Waals surface area (Å²) in [5.41, 5.74) is 0.881. The van der Waals surface area contributed by atoms with Gasteiger partial charge in [0.15, 0.2) is 0 Å². The molecule has 1 unspecified atom stereocenters. The standard InChI is InChI=1S/C11H18N4O4/c1-15(7-8-4-13-14-5-8)11(18)12-6-9(19-2)3-10(16)17/h4-5,9H,3,6-7H2,1-2H3,(H,12,18)(H,13,14)(H,16,17). The number of carbonyl (C=O) groups excluding carboxylic acids is 1. The van der Waals surface area contributed by atoms with Crippen LogP contribution in [-0.2, 0) is 16.1 Å². The number of hydrogen-bond acceptors (Lipinski definition) is 4. The fourth-order valence-corrected chi connectivity index (χ4v) is 1.48. The molecule has 1 rings (SSSR count). The van der Waals surface area contributed by atoms with Crippen molar-refractivity contribution in [1.29, 1.82) is 0 Å². The Morgan fingerprint density at radius 3 is 2.89 bits per heavy atom. The summed E-state index contributed by atoms with van der Waals surface area (Å²) in [4.78, 5) is 23.8. The molecule has 1 atom stereocenters. The normalized spacial score (nSPS) is 11.9. The zero-order valence-corrected chi connectivity index (χ0v) is 10.9. The molecule has 8 nitrogen and oxygen atoms in total. The van der Waals surface area contributed by atoms with Gasteiger partial charge >= 0.3 is 12.0 Å². The van der Waals surface area contributed by atoms with Crippen molar-refractivity contribution in [2.75, 3.05) is 20.7 Å². The maximum atomic E-state index is 11.8. The average molecular weight is 270 g/mol. The largest absolute Gasteiger partial charge is 0.481 e. The molecule has 2 amide bonds. The van der Waals surface area contributed by atoms with Gasteiger partial charge in [0.05, 0.1) is 25.3 Å². The summed E-state index contributed by atoms with van der Waals surface area (Å²) in [6, 6.07) is -0.298. The number of aliphatic carboxylic acids is 1. The van der Waals surface area contributed by atoms with Crippen molar-refractivity contribution in [3.63, 3.8) is 0 Å². The Balaban J connectivity index is 2.35. The number of H-pyrrole nitrogens is 1. The van der Waals surface area contributed by atoms with Gasteiger partial charge in [0.25, 0.3) is 0 Å². The Morgan fingerprint density at radius 2 is 2.37 bits per heavy atom. The van der Waals surface area contributed by atoms with E-state index >= 15 is 0 Å². The summed E-state index contributed by atoms with van der Waals surface area (Å²) in [5.74, 6) is -0.965. The highest BCUT2D eigenvalue weighted by molar-refractivity contribution is 5.74. The molecule has 0 saturated heterocycles. The number of nitrogens with zero attached hydrogens (tertiary/aromatic N) is 2. The number of urea groups is 1. The highest BCUT2D eigenvalue weighted by atomic mass is 16.5. The van der Waals surface area contributed by atoms with E-state index in [1.165, 1.54) is 12.0 Å². The van der Waals surface area contributed by atoms with E-state index in [2.05, 4.69) is 15.5 Å². The van der Waals surface area contributed by atoms with Crippen molar-refractivity contribution in [3.8, 4) is 0 Å². The summed E-state index contributed by atoms with van der Waals surface area (Å²) in [6.45, 7) is 0.566. The van der Waals surface area contributed by atoms with Crippen LogP contribution in [-0.4, -0.2) is 59.0 Å². The molecule has 1 heterocycles. The molecule has 0 aromatic carbocycles. The quantitative estimate of drug-likeness (QED) is 0.648. The van der Waals surface area contributed by atoms with Crippen LogP contribution in [0.25, 0.3) is 0 Å². The van der Waals surface area contributed by atoms with Gasteiger partial charge in [-0.3, -0.25) is 9.89 Å². The Kier molecular flexibility index (Phi) is 5.80. The second kappa shape index (κ2) is 7.37. The van der Waals surface area contributed by atoms with E-state index in [1.807, 2.05) is 0 Å². The molecule has 0 aliphatic rings. The van der Waals surface area contributed by atoms with Gasteiger partial charge in [-0.15, -0.1) is 0 Å². The molecule has 106 valence electrons. The van der Waals surface area contributed by atoms with Gasteiger partial charge < -0.3 is 20.1 Å². The number of rotatable bonds is 7. The van der Waals surface area contributed by atoms with Crippen LogP contribution in [0.2, 0.25) is 0 Å². The zero-order valence-electron chi connectivity index (χ0n) is 10.9. The van der Waals surface area contributed by atoms with Crippen LogP contribution < -0.4 is 5.32 Å². The highest BCUT2D eigenvalue weighted by Crippen LogP contribution is 2.00. The Hall–Kier alpha value is -2.09. The molecule has 0 fully saturated rings. The Bertz CT molecular complexity index is 407. The van der Waals surface area contributed by atoms with E-state index < -0.39 is 12.1 Å². The van der Waals surface area contributed by atoms with Gasteiger partial charge in [-0.25, -0.2) is 4.79 Å². The third-order valence-corrected chi connectivity index (χ3v) is 2.54. The summed E-state index contributed by atoms with van der Waals surface area (Å²) >= 11 is 0. The molecule has 1 aromatic rings. The van der Waals surface area contributed by atoms with Crippen molar-refractivity contribution >= 4 is 12.0 Å². The van der Waals surface area contributed by atoms with E-state index in [4.69, 9.17) is 9.84 Å². The molecule has 0 aliphatic carbocycles. The molecule has 0 aliphatic heterocycles. The van der Waals surface area contributed by atoms with Crippen molar-refractivity contribution < 1.29 is 19.4 Å². The van der Waals surface area contributed by atoms with Crippen molar-refractivity contribution in [2.45, 2.75) is 19.1 Å². The molecule has 8 heteroatoms. The minimum Gasteiger partial charge on any atom is -0.481 e. The number of aromatic nitrogens is 2. The number of carbonyl (C=O) groups is 2. The predicted molar refractivity (Wildman–Crippen MR) is 66.5 cm³/mol. The Labute approximate surface area is 110 Å². The van der Waals surface area contributed by atoms with Gasteiger partial charge in [0.1, 0.15) is 0 Å². The molecule has 1 aromatic heterocycles. The lowest BCUT2D eigenvalue weighted by molar-refractivity contribution is -0.139. The smallest absolute Gasteiger partial charge is 0.317 e. The van der Waals surface area contributed by atoms with Gasteiger partial charge in [0.2, 0.25) is 0 Å². The first-order chi connectivity index (χ1) is 9.02. The van der Waals surface area contributed by atoms with Crippen LogP contribution in [0.4, 0.5) is 4.79 Å².